The maximum Gasteiger partial charge on any atom is 0.266 e. The highest BCUT2D eigenvalue weighted by Gasteiger charge is 2.34. The predicted octanol–water partition coefficient (Wildman–Crippen LogP) is 3.13. The van der Waals surface area contributed by atoms with E-state index in [4.69, 9.17) is 17.0 Å². The van der Waals surface area contributed by atoms with Gasteiger partial charge >= 0.3 is 0 Å². The minimum Gasteiger partial charge on any atom is -0.376 e. The predicted molar refractivity (Wildman–Crippen MR) is 83.2 cm³/mol. The number of thiophene rings is 1. The Morgan fingerprint density at radius 2 is 2.47 bits per heavy atom. The summed E-state index contributed by atoms with van der Waals surface area (Å²) in [5.74, 6) is 0.0129. The van der Waals surface area contributed by atoms with Gasteiger partial charge in [-0.3, -0.25) is 9.69 Å². The Morgan fingerprint density at radius 1 is 1.58 bits per heavy atom. The number of thiocarbonyl (C=S) groups is 1. The molecule has 0 spiro atoms. The Kier molecular flexibility index (Phi) is 4.02. The van der Waals surface area contributed by atoms with Crippen molar-refractivity contribution in [2.75, 3.05) is 13.2 Å². The zero-order valence-electron chi connectivity index (χ0n) is 10.2. The van der Waals surface area contributed by atoms with Crippen molar-refractivity contribution in [2.45, 2.75) is 18.9 Å². The first-order valence-corrected chi connectivity index (χ1v) is 8.25. The molecule has 3 nitrogen and oxygen atoms in total. The highest BCUT2D eigenvalue weighted by atomic mass is 32.2. The molecule has 1 aromatic rings. The van der Waals surface area contributed by atoms with Crippen LogP contribution in [0, 0.1) is 0 Å². The molecular weight excluding hydrogens is 298 g/mol. The smallest absolute Gasteiger partial charge is 0.266 e. The molecule has 19 heavy (non-hydrogen) atoms. The van der Waals surface area contributed by atoms with E-state index in [1.807, 2.05) is 23.6 Å². The zero-order valence-corrected chi connectivity index (χ0v) is 12.7. The van der Waals surface area contributed by atoms with E-state index in [-0.39, 0.29) is 12.0 Å². The molecule has 0 radical (unpaired) electrons. The van der Waals surface area contributed by atoms with Gasteiger partial charge in [-0.15, -0.1) is 11.3 Å². The van der Waals surface area contributed by atoms with Gasteiger partial charge in [0.2, 0.25) is 0 Å². The molecule has 0 unspecified atom stereocenters. The van der Waals surface area contributed by atoms with E-state index in [0.717, 1.165) is 24.3 Å². The van der Waals surface area contributed by atoms with Crippen LogP contribution in [-0.2, 0) is 9.53 Å². The molecule has 2 saturated heterocycles. The number of rotatable bonds is 3. The Labute approximate surface area is 125 Å². The second-order valence-corrected chi connectivity index (χ2v) is 7.10. The summed E-state index contributed by atoms with van der Waals surface area (Å²) < 4.78 is 6.21. The number of amides is 1. The second kappa shape index (κ2) is 5.75. The first kappa shape index (κ1) is 13.3. The van der Waals surface area contributed by atoms with Crippen molar-refractivity contribution < 1.29 is 9.53 Å². The Bertz CT molecular complexity index is 518. The van der Waals surface area contributed by atoms with Crippen LogP contribution in [0.3, 0.4) is 0 Å². The highest BCUT2D eigenvalue weighted by Crippen LogP contribution is 2.34. The molecule has 100 valence electrons. The first-order chi connectivity index (χ1) is 9.24. The van der Waals surface area contributed by atoms with E-state index in [2.05, 4.69) is 0 Å². The lowest BCUT2D eigenvalue weighted by Gasteiger charge is -2.18. The van der Waals surface area contributed by atoms with Gasteiger partial charge in [0.15, 0.2) is 0 Å². The highest BCUT2D eigenvalue weighted by molar-refractivity contribution is 8.26. The van der Waals surface area contributed by atoms with Crippen LogP contribution >= 0.6 is 35.3 Å². The molecule has 0 N–H and O–H groups in total. The number of ether oxygens (including phenoxy) is 1. The lowest BCUT2D eigenvalue weighted by atomic mass is 10.2. The lowest BCUT2D eigenvalue weighted by Crippen LogP contribution is -2.35. The van der Waals surface area contributed by atoms with Gasteiger partial charge in [0.25, 0.3) is 5.91 Å². The van der Waals surface area contributed by atoms with Crippen LogP contribution in [0.5, 0.6) is 0 Å². The van der Waals surface area contributed by atoms with E-state index >= 15 is 0 Å². The van der Waals surface area contributed by atoms with Crippen molar-refractivity contribution in [1.29, 1.82) is 0 Å². The normalized spacial score (nSPS) is 25.8. The number of carbonyl (C=O) groups excluding carboxylic acids is 1. The zero-order chi connectivity index (χ0) is 13.2. The fraction of sp³-hybridized carbons (Fsp3) is 0.385. The van der Waals surface area contributed by atoms with Gasteiger partial charge in [0.05, 0.1) is 17.6 Å². The Hall–Kier alpha value is -0.690. The van der Waals surface area contributed by atoms with Gasteiger partial charge < -0.3 is 4.74 Å². The number of thioether (sulfide) groups is 1. The van der Waals surface area contributed by atoms with Crippen LogP contribution in [0.4, 0.5) is 0 Å². The van der Waals surface area contributed by atoms with Gasteiger partial charge in [-0.25, -0.2) is 0 Å². The van der Waals surface area contributed by atoms with E-state index in [1.54, 1.807) is 16.2 Å². The van der Waals surface area contributed by atoms with Crippen LogP contribution in [0.1, 0.15) is 17.7 Å². The average Bonchev–Trinajstić information content (AvgIpc) is 3.10. The molecule has 1 amide bonds. The molecule has 1 atom stereocenters. The Morgan fingerprint density at radius 3 is 3.16 bits per heavy atom. The van der Waals surface area contributed by atoms with Crippen molar-refractivity contribution >= 4 is 51.6 Å². The van der Waals surface area contributed by atoms with Gasteiger partial charge in [-0.05, 0) is 30.4 Å². The van der Waals surface area contributed by atoms with Crippen molar-refractivity contribution in [3.05, 3.63) is 27.3 Å². The monoisotopic (exact) mass is 311 g/mol. The van der Waals surface area contributed by atoms with Crippen molar-refractivity contribution in [3.8, 4) is 0 Å². The Balaban J connectivity index is 1.73. The largest absolute Gasteiger partial charge is 0.376 e. The molecule has 0 aromatic carbocycles. The van der Waals surface area contributed by atoms with E-state index in [1.165, 1.54) is 11.8 Å². The van der Waals surface area contributed by atoms with Crippen LogP contribution in [0.2, 0.25) is 0 Å². The lowest BCUT2D eigenvalue weighted by molar-refractivity contribution is -0.123. The van der Waals surface area contributed by atoms with Crippen molar-refractivity contribution in [3.63, 3.8) is 0 Å². The minimum absolute atomic E-state index is 0.0129. The maximum absolute atomic E-state index is 12.3. The standard InChI is InChI=1S/C13H13NO2S3/c15-12-11(7-10-4-2-6-18-10)19-13(17)14(12)8-9-3-1-5-16-9/h2,4,6-7,9H,1,3,5,8H2/b11-7-/t9-/m1/s1. The summed E-state index contributed by atoms with van der Waals surface area (Å²) >= 11 is 8.30. The maximum atomic E-state index is 12.3. The number of nitrogens with zero attached hydrogens (tertiary/aromatic N) is 1. The molecule has 3 heterocycles. The first-order valence-electron chi connectivity index (χ1n) is 6.14. The van der Waals surface area contributed by atoms with E-state index < -0.39 is 0 Å². The number of hydrogen-bond acceptors (Lipinski definition) is 5. The molecule has 0 bridgehead atoms. The van der Waals surface area contributed by atoms with Crippen LogP contribution < -0.4 is 0 Å². The molecule has 2 aliphatic rings. The van der Waals surface area contributed by atoms with Gasteiger partial charge in [0.1, 0.15) is 4.32 Å². The third-order valence-corrected chi connectivity index (χ3v) is 5.30. The summed E-state index contributed by atoms with van der Waals surface area (Å²) in [6.07, 6.45) is 4.15. The number of carbonyl (C=O) groups is 1. The van der Waals surface area contributed by atoms with Gasteiger partial charge in [-0.1, -0.05) is 30.0 Å². The summed E-state index contributed by atoms with van der Waals surface area (Å²) in [6, 6.07) is 3.97. The second-order valence-electron chi connectivity index (χ2n) is 4.44. The third-order valence-electron chi connectivity index (χ3n) is 3.10. The summed E-state index contributed by atoms with van der Waals surface area (Å²) in [7, 11) is 0. The molecular formula is C13H13NO2S3. The van der Waals surface area contributed by atoms with Crippen LogP contribution in [0.25, 0.3) is 6.08 Å². The molecule has 0 saturated carbocycles. The summed E-state index contributed by atoms with van der Waals surface area (Å²) in [4.78, 5) is 15.8. The van der Waals surface area contributed by atoms with Crippen molar-refractivity contribution in [1.82, 2.24) is 4.90 Å². The van der Waals surface area contributed by atoms with E-state index in [0.29, 0.717) is 15.8 Å². The fourth-order valence-corrected chi connectivity index (χ4v) is 4.15. The van der Waals surface area contributed by atoms with Gasteiger partial charge in [0, 0.05) is 11.5 Å². The molecule has 2 aliphatic heterocycles. The fourth-order valence-electron chi connectivity index (χ4n) is 2.15. The molecule has 0 aliphatic carbocycles. The summed E-state index contributed by atoms with van der Waals surface area (Å²) in [5.41, 5.74) is 0. The quantitative estimate of drug-likeness (QED) is 0.633. The average molecular weight is 311 g/mol. The molecule has 1 aromatic heterocycles. The molecule has 6 heteroatoms. The van der Waals surface area contributed by atoms with Gasteiger partial charge in [-0.2, -0.15) is 0 Å². The van der Waals surface area contributed by atoms with Crippen LogP contribution in [-0.4, -0.2) is 34.4 Å². The van der Waals surface area contributed by atoms with Crippen LogP contribution in [0.15, 0.2) is 22.4 Å². The van der Waals surface area contributed by atoms with E-state index in [9.17, 15) is 4.79 Å². The summed E-state index contributed by atoms with van der Waals surface area (Å²) in [5, 5.41) is 2.00. The molecule has 2 fully saturated rings. The SMILES string of the molecule is O=C1/C(=C/c2cccs2)SC(=S)N1C[C@H]1CCCO1. The minimum atomic E-state index is 0.0129. The summed E-state index contributed by atoms with van der Waals surface area (Å²) in [6.45, 7) is 1.39. The third kappa shape index (κ3) is 2.91. The molecule has 3 rings (SSSR count). The topological polar surface area (TPSA) is 29.5 Å². The van der Waals surface area contributed by atoms with Crippen molar-refractivity contribution in [2.24, 2.45) is 0 Å². The number of hydrogen-bond donors (Lipinski definition) is 0.